The standard InChI is InChI=1S/C11H18FN3O/c1-8(2)5-11(3,16)6-13-10-4-9(12)14-7-15-10/h4,7-8,16H,5-6H2,1-3H3,(H,13,14,15). The quantitative estimate of drug-likeness (QED) is 0.753. The Balaban J connectivity index is 2.50. The first kappa shape index (κ1) is 12.8. The Hall–Kier alpha value is -1.23. The second-order valence-corrected chi connectivity index (χ2v) is 4.67. The fraction of sp³-hybridized carbons (Fsp3) is 0.636. The van der Waals surface area contributed by atoms with Crippen molar-refractivity contribution in [3.8, 4) is 0 Å². The molecule has 2 N–H and O–H groups in total. The molecule has 16 heavy (non-hydrogen) atoms. The average Bonchev–Trinajstić information content (AvgIpc) is 2.13. The van der Waals surface area contributed by atoms with E-state index in [2.05, 4.69) is 15.3 Å². The predicted octanol–water partition coefficient (Wildman–Crippen LogP) is 1.82. The molecular formula is C11H18FN3O. The maximum atomic E-state index is 12.7. The fourth-order valence-electron chi connectivity index (χ4n) is 1.66. The molecular weight excluding hydrogens is 209 g/mol. The van der Waals surface area contributed by atoms with Crippen molar-refractivity contribution in [2.75, 3.05) is 11.9 Å². The molecule has 4 nitrogen and oxygen atoms in total. The van der Waals surface area contributed by atoms with Crippen molar-refractivity contribution in [1.82, 2.24) is 9.97 Å². The number of aliphatic hydroxyl groups is 1. The summed E-state index contributed by atoms with van der Waals surface area (Å²) in [5.74, 6) is 0.205. The van der Waals surface area contributed by atoms with E-state index in [1.165, 1.54) is 6.07 Å². The highest BCUT2D eigenvalue weighted by atomic mass is 19.1. The van der Waals surface area contributed by atoms with Gasteiger partial charge < -0.3 is 10.4 Å². The minimum atomic E-state index is -0.824. The van der Waals surface area contributed by atoms with Gasteiger partial charge in [-0.05, 0) is 19.3 Å². The molecule has 0 aliphatic heterocycles. The molecule has 1 aromatic rings. The summed E-state index contributed by atoms with van der Waals surface area (Å²) in [6.07, 6.45) is 1.82. The average molecular weight is 227 g/mol. The van der Waals surface area contributed by atoms with E-state index in [4.69, 9.17) is 0 Å². The zero-order chi connectivity index (χ0) is 12.2. The van der Waals surface area contributed by atoms with Crippen LogP contribution in [0.4, 0.5) is 10.2 Å². The third kappa shape index (κ3) is 4.53. The van der Waals surface area contributed by atoms with Crippen LogP contribution in [0, 0.1) is 11.9 Å². The molecule has 0 aliphatic carbocycles. The van der Waals surface area contributed by atoms with E-state index in [9.17, 15) is 9.50 Å². The number of hydrogen-bond acceptors (Lipinski definition) is 4. The van der Waals surface area contributed by atoms with Crippen LogP contribution in [0.3, 0.4) is 0 Å². The molecule has 0 radical (unpaired) electrons. The van der Waals surface area contributed by atoms with E-state index in [0.29, 0.717) is 24.7 Å². The van der Waals surface area contributed by atoms with Gasteiger partial charge in [0.15, 0.2) is 0 Å². The summed E-state index contributed by atoms with van der Waals surface area (Å²) < 4.78 is 12.7. The monoisotopic (exact) mass is 227 g/mol. The van der Waals surface area contributed by atoms with Crippen LogP contribution in [0.1, 0.15) is 27.2 Å². The minimum Gasteiger partial charge on any atom is -0.388 e. The van der Waals surface area contributed by atoms with Gasteiger partial charge in [-0.2, -0.15) is 4.39 Å². The van der Waals surface area contributed by atoms with Crippen molar-refractivity contribution in [1.29, 1.82) is 0 Å². The summed E-state index contributed by atoms with van der Waals surface area (Å²) in [6.45, 7) is 6.16. The van der Waals surface area contributed by atoms with Crippen molar-refractivity contribution in [3.63, 3.8) is 0 Å². The van der Waals surface area contributed by atoms with Crippen LogP contribution < -0.4 is 5.32 Å². The molecule has 0 amide bonds. The molecule has 0 aliphatic rings. The number of rotatable bonds is 5. The lowest BCUT2D eigenvalue weighted by atomic mass is 9.94. The largest absolute Gasteiger partial charge is 0.388 e. The lowest BCUT2D eigenvalue weighted by Crippen LogP contribution is -2.35. The third-order valence-corrected chi connectivity index (χ3v) is 2.13. The van der Waals surface area contributed by atoms with Crippen LogP contribution in [-0.4, -0.2) is 27.2 Å². The smallest absolute Gasteiger partial charge is 0.217 e. The van der Waals surface area contributed by atoms with Crippen LogP contribution in [0.5, 0.6) is 0 Å². The van der Waals surface area contributed by atoms with Gasteiger partial charge in [0.25, 0.3) is 0 Å². The molecule has 1 rings (SSSR count). The summed E-state index contributed by atoms with van der Waals surface area (Å²) in [6, 6.07) is 1.20. The van der Waals surface area contributed by atoms with Gasteiger partial charge in [-0.3, -0.25) is 0 Å². The van der Waals surface area contributed by atoms with Gasteiger partial charge in [-0.1, -0.05) is 13.8 Å². The zero-order valence-corrected chi connectivity index (χ0v) is 9.87. The van der Waals surface area contributed by atoms with E-state index in [1.54, 1.807) is 6.92 Å². The number of halogens is 1. The Bertz CT molecular complexity index is 342. The highest BCUT2D eigenvalue weighted by Gasteiger charge is 2.21. The number of nitrogens with zero attached hydrogens (tertiary/aromatic N) is 2. The van der Waals surface area contributed by atoms with Crippen LogP contribution in [0.25, 0.3) is 0 Å². The van der Waals surface area contributed by atoms with Crippen LogP contribution in [0.15, 0.2) is 12.4 Å². The topological polar surface area (TPSA) is 58.0 Å². The Morgan fingerprint density at radius 3 is 2.75 bits per heavy atom. The van der Waals surface area contributed by atoms with Crippen molar-refractivity contribution in [2.45, 2.75) is 32.8 Å². The molecule has 1 heterocycles. The van der Waals surface area contributed by atoms with Gasteiger partial charge in [0.05, 0.1) is 5.60 Å². The van der Waals surface area contributed by atoms with E-state index in [0.717, 1.165) is 6.33 Å². The lowest BCUT2D eigenvalue weighted by molar-refractivity contribution is 0.0514. The number of anilines is 1. The maximum Gasteiger partial charge on any atom is 0.217 e. The first-order chi connectivity index (χ1) is 7.39. The van der Waals surface area contributed by atoms with Crippen molar-refractivity contribution < 1.29 is 9.50 Å². The Labute approximate surface area is 94.9 Å². The Morgan fingerprint density at radius 1 is 1.50 bits per heavy atom. The highest BCUT2D eigenvalue weighted by molar-refractivity contribution is 5.32. The van der Waals surface area contributed by atoms with Gasteiger partial charge >= 0.3 is 0 Å². The van der Waals surface area contributed by atoms with Crippen LogP contribution >= 0.6 is 0 Å². The number of aromatic nitrogens is 2. The zero-order valence-electron chi connectivity index (χ0n) is 9.87. The molecule has 90 valence electrons. The van der Waals surface area contributed by atoms with Crippen molar-refractivity contribution >= 4 is 5.82 Å². The fourth-order valence-corrected chi connectivity index (χ4v) is 1.66. The Morgan fingerprint density at radius 2 is 2.19 bits per heavy atom. The summed E-state index contributed by atoms with van der Waals surface area (Å²) in [7, 11) is 0. The summed E-state index contributed by atoms with van der Waals surface area (Å²) in [4.78, 5) is 7.20. The van der Waals surface area contributed by atoms with Crippen molar-refractivity contribution in [3.05, 3.63) is 18.3 Å². The lowest BCUT2D eigenvalue weighted by Gasteiger charge is -2.25. The number of hydrogen-bond donors (Lipinski definition) is 2. The number of nitrogens with one attached hydrogen (secondary N) is 1. The molecule has 0 fully saturated rings. The van der Waals surface area contributed by atoms with Gasteiger partial charge in [-0.25, -0.2) is 9.97 Å². The highest BCUT2D eigenvalue weighted by Crippen LogP contribution is 2.16. The first-order valence-corrected chi connectivity index (χ1v) is 5.33. The molecule has 5 heteroatoms. The van der Waals surface area contributed by atoms with Crippen LogP contribution in [0.2, 0.25) is 0 Å². The molecule has 1 atom stereocenters. The Kier molecular flexibility index (Phi) is 4.18. The van der Waals surface area contributed by atoms with Crippen LogP contribution in [-0.2, 0) is 0 Å². The summed E-state index contributed by atoms with van der Waals surface area (Å²) in [5.41, 5.74) is -0.824. The predicted molar refractivity (Wildman–Crippen MR) is 60.6 cm³/mol. The van der Waals surface area contributed by atoms with E-state index < -0.39 is 11.5 Å². The normalized spacial score (nSPS) is 14.9. The first-order valence-electron chi connectivity index (χ1n) is 5.33. The molecule has 0 bridgehead atoms. The van der Waals surface area contributed by atoms with E-state index in [-0.39, 0.29) is 0 Å². The third-order valence-electron chi connectivity index (χ3n) is 2.13. The second kappa shape index (κ2) is 5.21. The SMILES string of the molecule is CC(C)CC(C)(O)CNc1cc(F)ncn1. The van der Waals surface area contributed by atoms with E-state index >= 15 is 0 Å². The van der Waals surface area contributed by atoms with Crippen molar-refractivity contribution in [2.24, 2.45) is 5.92 Å². The van der Waals surface area contributed by atoms with Gasteiger partial charge in [0.1, 0.15) is 12.1 Å². The molecule has 0 spiro atoms. The van der Waals surface area contributed by atoms with Gasteiger partial charge in [0.2, 0.25) is 5.95 Å². The second-order valence-electron chi connectivity index (χ2n) is 4.67. The molecule has 0 aromatic carbocycles. The van der Waals surface area contributed by atoms with E-state index in [1.807, 2.05) is 13.8 Å². The van der Waals surface area contributed by atoms with Gasteiger partial charge in [0, 0.05) is 12.6 Å². The molecule has 0 saturated carbocycles. The molecule has 1 unspecified atom stereocenters. The molecule has 1 aromatic heterocycles. The molecule has 0 saturated heterocycles. The minimum absolute atomic E-state index is 0.335. The summed E-state index contributed by atoms with van der Waals surface area (Å²) in [5, 5.41) is 12.9. The maximum absolute atomic E-state index is 12.7. The van der Waals surface area contributed by atoms with Gasteiger partial charge in [-0.15, -0.1) is 0 Å². The summed E-state index contributed by atoms with van der Waals surface area (Å²) >= 11 is 0.